The Morgan fingerprint density at radius 3 is 1.19 bits per heavy atom. The van der Waals surface area contributed by atoms with Crippen molar-refractivity contribution in [2.75, 3.05) is 26.4 Å². The molecule has 0 N–H and O–H groups in total. The number of unbranched alkanes of at least 4 members (excludes halogenated alkanes) is 4. The first-order chi connectivity index (χ1) is 17.6. The molecule has 3 aromatic rings. The summed E-state index contributed by atoms with van der Waals surface area (Å²) in [5, 5.41) is 4.43. The second-order valence-electron chi connectivity index (χ2n) is 9.09. The van der Waals surface area contributed by atoms with Gasteiger partial charge in [0.25, 0.3) is 0 Å². The SMILES string of the molecule is CCCCOc1ccc(OCCCC)c2c(OCCCC)c3cc(Cl)c(Cl)cc3c(OCCCC)c12. The molecule has 0 atom stereocenters. The zero-order chi connectivity index (χ0) is 25.9. The van der Waals surface area contributed by atoms with Crippen molar-refractivity contribution in [3.05, 3.63) is 34.3 Å². The fourth-order valence-corrected chi connectivity index (χ4v) is 4.36. The van der Waals surface area contributed by atoms with E-state index in [-0.39, 0.29) is 0 Å². The van der Waals surface area contributed by atoms with E-state index in [1.807, 2.05) is 24.3 Å². The molecule has 4 nitrogen and oxygen atoms in total. The van der Waals surface area contributed by atoms with Crippen molar-refractivity contribution < 1.29 is 18.9 Å². The Balaban J connectivity index is 2.38. The normalized spacial score (nSPS) is 11.3. The minimum Gasteiger partial charge on any atom is -0.493 e. The Morgan fingerprint density at radius 2 is 0.861 bits per heavy atom. The van der Waals surface area contributed by atoms with E-state index in [1.165, 1.54) is 0 Å². The van der Waals surface area contributed by atoms with E-state index >= 15 is 0 Å². The number of benzene rings is 3. The van der Waals surface area contributed by atoms with E-state index in [1.54, 1.807) is 0 Å². The average Bonchev–Trinajstić information content (AvgIpc) is 2.87. The van der Waals surface area contributed by atoms with Gasteiger partial charge in [0, 0.05) is 10.8 Å². The number of halogens is 2. The molecule has 0 bridgehead atoms. The average molecular weight is 536 g/mol. The molecule has 3 rings (SSSR count). The number of ether oxygens (including phenoxy) is 4. The molecule has 198 valence electrons. The number of hydrogen-bond donors (Lipinski definition) is 0. The summed E-state index contributed by atoms with van der Waals surface area (Å²) in [5.74, 6) is 3.01. The first-order valence-electron chi connectivity index (χ1n) is 13.5. The molecule has 0 aromatic heterocycles. The predicted octanol–water partition coefficient (Wildman–Crippen LogP) is 10.0. The van der Waals surface area contributed by atoms with E-state index in [0.29, 0.717) is 36.5 Å². The highest BCUT2D eigenvalue weighted by atomic mass is 35.5. The molecular formula is C30H40Cl2O4. The standard InChI is InChI=1S/C30H40Cl2O4/c1-5-9-15-33-25-13-14-26(34-16-10-6-2)28-27(25)29(35-17-11-7-3)21-19-23(31)24(32)20-22(21)30(28)36-18-12-8-4/h13-14,19-20H,5-12,15-18H2,1-4H3. The quantitative estimate of drug-likeness (QED) is 0.135. The monoisotopic (exact) mass is 534 g/mol. The molecule has 0 heterocycles. The van der Waals surface area contributed by atoms with Gasteiger partial charge in [-0.25, -0.2) is 0 Å². The fraction of sp³-hybridized carbons (Fsp3) is 0.533. The van der Waals surface area contributed by atoms with Gasteiger partial charge in [-0.1, -0.05) is 76.6 Å². The van der Waals surface area contributed by atoms with Crippen LogP contribution in [-0.4, -0.2) is 26.4 Å². The van der Waals surface area contributed by atoms with Crippen LogP contribution in [0, 0.1) is 0 Å². The second-order valence-corrected chi connectivity index (χ2v) is 9.90. The molecule has 0 aliphatic heterocycles. The molecule has 0 amide bonds. The summed E-state index contributed by atoms with van der Waals surface area (Å²) in [6.45, 7) is 11.1. The number of hydrogen-bond acceptors (Lipinski definition) is 4. The number of fused-ring (bicyclic) bond motifs is 2. The molecular weight excluding hydrogens is 495 g/mol. The lowest BCUT2D eigenvalue weighted by atomic mass is 9.98. The lowest BCUT2D eigenvalue weighted by molar-refractivity contribution is 0.295. The Morgan fingerprint density at radius 1 is 0.528 bits per heavy atom. The topological polar surface area (TPSA) is 36.9 Å². The van der Waals surface area contributed by atoms with Crippen LogP contribution >= 0.6 is 23.2 Å². The maximum absolute atomic E-state index is 6.52. The Bertz CT molecular complexity index is 1040. The Labute approximate surface area is 226 Å². The molecule has 0 aliphatic carbocycles. The summed E-state index contributed by atoms with van der Waals surface area (Å²) in [5.41, 5.74) is 0. The van der Waals surface area contributed by atoms with Crippen LogP contribution in [0.2, 0.25) is 10.0 Å². The smallest absolute Gasteiger partial charge is 0.139 e. The first kappa shape index (κ1) is 28.5. The van der Waals surface area contributed by atoms with Crippen molar-refractivity contribution in [3.63, 3.8) is 0 Å². The molecule has 6 heteroatoms. The van der Waals surface area contributed by atoms with Crippen molar-refractivity contribution in [2.24, 2.45) is 0 Å². The van der Waals surface area contributed by atoms with E-state index in [0.717, 1.165) is 95.9 Å². The highest BCUT2D eigenvalue weighted by Crippen LogP contribution is 2.51. The molecule has 0 aliphatic rings. The van der Waals surface area contributed by atoms with Gasteiger partial charge in [0.1, 0.15) is 23.0 Å². The maximum Gasteiger partial charge on any atom is 0.139 e. The third-order valence-corrected chi connectivity index (χ3v) is 6.85. The van der Waals surface area contributed by atoms with Crippen LogP contribution in [0.15, 0.2) is 24.3 Å². The number of rotatable bonds is 16. The lowest BCUT2D eigenvalue weighted by Gasteiger charge is -2.22. The van der Waals surface area contributed by atoms with E-state index in [2.05, 4.69) is 27.7 Å². The molecule has 0 unspecified atom stereocenters. The summed E-state index contributed by atoms with van der Waals surface area (Å²) >= 11 is 13.0. The minimum absolute atomic E-state index is 0.479. The Hall–Kier alpha value is -2.04. The van der Waals surface area contributed by atoms with Crippen LogP contribution in [0.25, 0.3) is 21.5 Å². The van der Waals surface area contributed by atoms with Gasteiger partial charge < -0.3 is 18.9 Å². The van der Waals surface area contributed by atoms with Crippen LogP contribution in [0.1, 0.15) is 79.1 Å². The van der Waals surface area contributed by atoms with Crippen molar-refractivity contribution in [1.82, 2.24) is 0 Å². The minimum atomic E-state index is 0.479. The van der Waals surface area contributed by atoms with Gasteiger partial charge >= 0.3 is 0 Å². The maximum atomic E-state index is 6.52. The third kappa shape index (κ3) is 6.83. The molecule has 0 saturated heterocycles. The van der Waals surface area contributed by atoms with Gasteiger partial charge in [-0.05, 0) is 49.9 Å². The molecule has 0 spiro atoms. The highest BCUT2D eigenvalue weighted by Gasteiger charge is 2.24. The summed E-state index contributed by atoms with van der Waals surface area (Å²) in [6, 6.07) is 7.75. The Kier molecular flexibility index (Phi) is 11.6. The van der Waals surface area contributed by atoms with Gasteiger partial charge in [-0.2, -0.15) is 0 Å². The molecule has 3 aromatic carbocycles. The third-order valence-electron chi connectivity index (χ3n) is 6.13. The van der Waals surface area contributed by atoms with Gasteiger partial charge in [0.2, 0.25) is 0 Å². The molecule has 0 radical (unpaired) electrons. The molecule has 36 heavy (non-hydrogen) atoms. The zero-order valence-corrected chi connectivity index (χ0v) is 23.7. The summed E-state index contributed by atoms with van der Waals surface area (Å²) in [7, 11) is 0. The van der Waals surface area contributed by atoms with E-state index in [9.17, 15) is 0 Å². The summed E-state index contributed by atoms with van der Waals surface area (Å²) in [6.07, 6.45) is 8.00. The van der Waals surface area contributed by atoms with Gasteiger partial charge in [-0.3, -0.25) is 0 Å². The van der Waals surface area contributed by atoms with Crippen LogP contribution in [0.4, 0.5) is 0 Å². The van der Waals surface area contributed by atoms with Gasteiger partial charge in [-0.15, -0.1) is 0 Å². The summed E-state index contributed by atoms with van der Waals surface area (Å²) in [4.78, 5) is 0. The van der Waals surface area contributed by atoms with Crippen molar-refractivity contribution in [2.45, 2.75) is 79.1 Å². The van der Waals surface area contributed by atoms with E-state index in [4.69, 9.17) is 42.1 Å². The fourth-order valence-electron chi connectivity index (χ4n) is 4.04. The summed E-state index contributed by atoms with van der Waals surface area (Å²) < 4.78 is 25.6. The van der Waals surface area contributed by atoms with Gasteiger partial charge in [0.15, 0.2) is 0 Å². The van der Waals surface area contributed by atoms with Gasteiger partial charge in [0.05, 0.1) is 47.2 Å². The van der Waals surface area contributed by atoms with Crippen molar-refractivity contribution >= 4 is 44.7 Å². The van der Waals surface area contributed by atoms with Crippen LogP contribution in [0.5, 0.6) is 23.0 Å². The predicted molar refractivity (Wildman–Crippen MR) is 153 cm³/mol. The largest absolute Gasteiger partial charge is 0.493 e. The molecule has 0 saturated carbocycles. The highest BCUT2D eigenvalue weighted by molar-refractivity contribution is 6.43. The van der Waals surface area contributed by atoms with Crippen molar-refractivity contribution in [1.29, 1.82) is 0 Å². The van der Waals surface area contributed by atoms with Crippen molar-refractivity contribution in [3.8, 4) is 23.0 Å². The van der Waals surface area contributed by atoms with Crippen LogP contribution in [0.3, 0.4) is 0 Å². The lowest BCUT2D eigenvalue weighted by Crippen LogP contribution is -2.06. The van der Waals surface area contributed by atoms with Crippen LogP contribution in [-0.2, 0) is 0 Å². The molecule has 0 fully saturated rings. The zero-order valence-electron chi connectivity index (χ0n) is 22.2. The second kappa shape index (κ2) is 14.6. The van der Waals surface area contributed by atoms with E-state index < -0.39 is 0 Å². The first-order valence-corrected chi connectivity index (χ1v) is 14.2. The van der Waals surface area contributed by atoms with Crippen LogP contribution < -0.4 is 18.9 Å².